The van der Waals surface area contributed by atoms with Gasteiger partial charge in [0.15, 0.2) is 0 Å². The zero-order valence-electron chi connectivity index (χ0n) is 20.5. The number of benzene rings is 2. The number of methoxy groups -OCH3 is 1. The molecule has 3 aromatic rings. The van der Waals surface area contributed by atoms with Crippen molar-refractivity contribution in [3.05, 3.63) is 65.9 Å². The first kappa shape index (κ1) is 26.8. The van der Waals surface area contributed by atoms with Gasteiger partial charge >= 0.3 is 0 Å². The van der Waals surface area contributed by atoms with Gasteiger partial charge in [-0.2, -0.15) is 0 Å². The number of piperidine rings is 1. The molecule has 194 valence electrons. The van der Waals surface area contributed by atoms with Crippen molar-refractivity contribution in [3.63, 3.8) is 0 Å². The van der Waals surface area contributed by atoms with Crippen molar-refractivity contribution in [2.75, 3.05) is 39.1 Å². The molecule has 4 rings (SSSR count). The summed E-state index contributed by atoms with van der Waals surface area (Å²) >= 11 is 1.32. The van der Waals surface area contributed by atoms with Crippen molar-refractivity contribution < 1.29 is 23.0 Å². The smallest absolute Gasteiger partial charge is 0.136 e. The van der Waals surface area contributed by atoms with Gasteiger partial charge in [0, 0.05) is 29.6 Å². The third kappa shape index (κ3) is 6.72. The minimum Gasteiger partial charge on any atom is -0.497 e. The number of aromatic nitrogens is 1. The predicted octanol–water partition coefficient (Wildman–Crippen LogP) is 6.43. The highest BCUT2D eigenvalue weighted by atomic mass is 32.2. The van der Waals surface area contributed by atoms with Crippen LogP contribution in [0.5, 0.6) is 5.75 Å². The number of halogens is 3. The number of hydrogen-bond acceptors (Lipinski definition) is 5. The lowest BCUT2D eigenvalue weighted by molar-refractivity contribution is 0.0640. The summed E-state index contributed by atoms with van der Waals surface area (Å²) in [4.78, 5) is 6.99. The Labute approximate surface area is 214 Å². The van der Waals surface area contributed by atoms with Crippen molar-refractivity contribution >= 4 is 22.7 Å². The van der Waals surface area contributed by atoms with Gasteiger partial charge in [-0.1, -0.05) is 0 Å². The number of likely N-dealkylation sites (tertiary alicyclic amines) is 1. The average molecular weight is 519 g/mol. The predicted molar refractivity (Wildman–Crippen MR) is 138 cm³/mol. The molecule has 0 spiro atoms. The van der Waals surface area contributed by atoms with Crippen molar-refractivity contribution in [1.82, 2.24) is 9.88 Å². The van der Waals surface area contributed by atoms with Gasteiger partial charge < -0.3 is 14.7 Å². The summed E-state index contributed by atoms with van der Waals surface area (Å²) in [6.07, 6.45) is 3.39. The second-order valence-corrected chi connectivity index (χ2v) is 10.5. The van der Waals surface area contributed by atoms with E-state index in [4.69, 9.17) is 4.74 Å². The van der Waals surface area contributed by atoms with Gasteiger partial charge in [-0.25, -0.2) is 13.2 Å². The lowest BCUT2D eigenvalue weighted by atomic mass is 9.81. The highest BCUT2D eigenvalue weighted by Gasteiger charge is 2.29. The third-order valence-corrected chi connectivity index (χ3v) is 8.21. The van der Waals surface area contributed by atoms with Gasteiger partial charge in [0.25, 0.3) is 0 Å². The van der Waals surface area contributed by atoms with E-state index in [0.717, 1.165) is 55.5 Å². The lowest BCUT2D eigenvalue weighted by Gasteiger charge is -2.38. The molecule has 1 aromatic heterocycles. The van der Waals surface area contributed by atoms with Crippen LogP contribution < -0.4 is 4.74 Å². The maximum Gasteiger partial charge on any atom is 0.136 e. The van der Waals surface area contributed by atoms with E-state index in [2.05, 4.69) is 9.88 Å². The van der Waals surface area contributed by atoms with Gasteiger partial charge in [0.2, 0.25) is 0 Å². The summed E-state index contributed by atoms with van der Waals surface area (Å²) in [6.45, 7) is 2.58. The Kier molecular flexibility index (Phi) is 9.51. The first-order chi connectivity index (χ1) is 17.5. The van der Waals surface area contributed by atoms with E-state index in [1.807, 2.05) is 18.2 Å². The largest absolute Gasteiger partial charge is 0.497 e. The van der Waals surface area contributed by atoms with Gasteiger partial charge in [-0.05, 0) is 104 Å². The van der Waals surface area contributed by atoms with Crippen LogP contribution in [0.25, 0.3) is 10.9 Å². The summed E-state index contributed by atoms with van der Waals surface area (Å²) < 4.78 is 47.8. The van der Waals surface area contributed by atoms with Crippen LogP contribution in [0, 0.1) is 23.5 Å². The van der Waals surface area contributed by atoms with E-state index in [1.165, 1.54) is 17.8 Å². The number of aliphatic hydroxyl groups excluding tert-OH is 1. The van der Waals surface area contributed by atoms with Crippen LogP contribution in [-0.2, 0) is 0 Å². The van der Waals surface area contributed by atoms with E-state index < -0.39 is 17.8 Å². The van der Waals surface area contributed by atoms with Crippen LogP contribution in [-0.4, -0.2) is 54.1 Å². The van der Waals surface area contributed by atoms with Crippen LogP contribution in [0.1, 0.15) is 37.4 Å². The molecule has 8 heteroatoms. The number of alkyl halides is 1. The molecule has 1 aliphatic rings. The maximum absolute atomic E-state index is 15.4. The first-order valence-corrected chi connectivity index (χ1v) is 13.4. The Bertz CT molecular complexity index is 1150. The minimum absolute atomic E-state index is 0.0801. The molecular formula is C28H33F3N2O2S. The molecule has 3 atom stereocenters. The third-order valence-electron chi connectivity index (χ3n) is 7.09. The number of fused-ring (bicyclic) bond motifs is 1. The number of aliphatic hydroxyl groups is 1. The molecule has 2 heterocycles. The van der Waals surface area contributed by atoms with Crippen molar-refractivity contribution in [3.8, 4) is 5.75 Å². The first-order valence-electron chi connectivity index (χ1n) is 12.5. The Balaban J connectivity index is 1.26. The average Bonchev–Trinajstić information content (AvgIpc) is 2.91. The second-order valence-electron chi connectivity index (χ2n) is 9.40. The molecule has 0 amide bonds. The van der Waals surface area contributed by atoms with E-state index >= 15 is 4.39 Å². The van der Waals surface area contributed by atoms with Crippen LogP contribution >= 0.6 is 11.8 Å². The molecule has 0 saturated carbocycles. The summed E-state index contributed by atoms with van der Waals surface area (Å²) in [5, 5.41) is 10.8. The molecule has 0 unspecified atom stereocenters. The van der Waals surface area contributed by atoms with Crippen molar-refractivity contribution in [1.29, 1.82) is 0 Å². The molecular weight excluding hydrogens is 485 g/mol. The molecule has 1 aliphatic heterocycles. The van der Waals surface area contributed by atoms with E-state index in [0.29, 0.717) is 34.8 Å². The SMILES string of the molecule is COc1ccc2nccc([C@H](F)CC[C@@H]3CCN(CCCSc4cc(F)ccc4F)C[C@@H]3CO)c2c1. The van der Waals surface area contributed by atoms with E-state index in [-0.39, 0.29) is 18.4 Å². The molecule has 1 saturated heterocycles. The fraction of sp³-hybridized carbons (Fsp3) is 0.464. The summed E-state index contributed by atoms with van der Waals surface area (Å²) in [5.74, 6) is 0.914. The summed E-state index contributed by atoms with van der Waals surface area (Å²) in [7, 11) is 1.59. The highest BCUT2D eigenvalue weighted by molar-refractivity contribution is 7.99. The number of thioether (sulfide) groups is 1. The molecule has 0 bridgehead atoms. The Morgan fingerprint density at radius 2 is 2.03 bits per heavy atom. The number of hydrogen-bond donors (Lipinski definition) is 1. The molecule has 0 radical (unpaired) electrons. The summed E-state index contributed by atoms with van der Waals surface area (Å²) in [5.41, 5.74) is 1.37. The Morgan fingerprint density at radius 3 is 2.83 bits per heavy atom. The quantitative estimate of drug-likeness (QED) is 0.234. The number of ether oxygens (including phenoxy) is 1. The zero-order valence-corrected chi connectivity index (χ0v) is 21.3. The Morgan fingerprint density at radius 1 is 1.17 bits per heavy atom. The molecule has 0 aliphatic carbocycles. The normalized spacial score (nSPS) is 19.5. The Hall–Kier alpha value is -2.29. The van der Waals surface area contributed by atoms with Gasteiger partial charge in [-0.15, -0.1) is 11.8 Å². The van der Waals surface area contributed by atoms with E-state index in [9.17, 15) is 13.9 Å². The number of nitrogens with zero attached hydrogens (tertiary/aromatic N) is 2. The highest BCUT2D eigenvalue weighted by Crippen LogP contribution is 2.35. The topological polar surface area (TPSA) is 45.6 Å². The lowest BCUT2D eigenvalue weighted by Crippen LogP contribution is -2.42. The summed E-state index contributed by atoms with van der Waals surface area (Å²) in [6, 6.07) is 10.8. The molecule has 36 heavy (non-hydrogen) atoms. The number of rotatable bonds is 11. The minimum atomic E-state index is -1.11. The van der Waals surface area contributed by atoms with Crippen LogP contribution in [0.3, 0.4) is 0 Å². The molecule has 4 nitrogen and oxygen atoms in total. The molecule has 2 aromatic carbocycles. The van der Waals surface area contributed by atoms with Crippen molar-refractivity contribution in [2.45, 2.75) is 36.8 Å². The van der Waals surface area contributed by atoms with E-state index in [1.54, 1.807) is 19.4 Å². The van der Waals surface area contributed by atoms with Crippen LogP contribution in [0.4, 0.5) is 13.2 Å². The fourth-order valence-electron chi connectivity index (χ4n) is 5.07. The standard InChI is InChI=1S/C28H33F3N2O2S/c1-35-22-5-8-27-24(16-22)23(9-11-32-27)25(30)6-3-19-10-13-33(17-20(19)18-34)12-2-14-36-28-15-21(29)4-7-26(28)31/h4-5,7-9,11,15-16,19-20,25,34H,2-3,6,10,12-14,17-18H2,1H3/t19-,20-,25-/m1/s1. The monoisotopic (exact) mass is 518 g/mol. The van der Waals surface area contributed by atoms with Crippen LogP contribution in [0.15, 0.2) is 53.6 Å². The van der Waals surface area contributed by atoms with Gasteiger partial charge in [0.1, 0.15) is 23.6 Å². The zero-order chi connectivity index (χ0) is 25.5. The fourth-order valence-corrected chi connectivity index (χ4v) is 5.96. The molecule has 1 N–H and O–H groups in total. The second kappa shape index (κ2) is 12.8. The van der Waals surface area contributed by atoms with Crippen LogP contribution in [0.2, 0.25) is 0 Å². The van der Waals surface area contributed by atoms with Gasteiger partial charge in [-0.3, -0.25) is 4.98 Å². The van der Waals surface area contributed by atoms with Crippen molar-refractivity contribution in [2.24, 2.45) is 11.8 Å². The molecule has 1 fully saturated rings. The maximum atomic E-state index is 15.4. The number of pyridine rings is 1. The van der Waals surface area contributed by atoms with Gasteiger partial charge in [0.05, 0.1) is 12.6 Å².